The van der Waals surface area contributed by atoms with Gasteiger partial charge in [0, 0.05) is 32.2 Å². The van der Waals surface area contributed by atoms with Crippen molar-refractivity contribution in [2.24, 2.45) is 5.73 Å². The zero-order valence-corrected chi connectivity index (χ0v) is 10.3. The normalized spacial score (nSPS) is 11.3. The molecule has 0 radical (unpaired) electrons. The summed E-state index contributed by atoms with van der Waals surface area (Å²) in [6.45, 7) is 9.78. The van der Waals surface area contributed by atoms with Crippen LogP contribution in [0.1, 0.15) is 33.6 Å². The molecule has 0 saturated carbocycles. The number of amidine groups is 1. The number of hydrogen-bond donors (Lipinski definition) is 2. The Morgan fingerprint density at radius 2 is 2.00 bits per heavy atom. The van der Waals surface area contributed by atoms with E-state index in [4.69, 9.17) is 15.9 Å². The fraction of sp³-hybridized carbons (Fsp3) is 0.909. The fourth-order valence-electron chi connectivity index (χ4n) is 1.32. The zero-order valence-electron chi connectivity index (χ0n) is 10.3. The minimum Gasteiger partial charge on any atom is -0.388 e. The minimum absolute atomic E-state index is 0.259. The van der Waals surface area contributed by atoms with Gasteiger partial charge in [-0.1, -0.05) is 6.92 Å². The molecule has 0 saturated heterocycles. The Labute approximate surface area is 93.3 Å². The maximum atomic E-state index is 7.19. The Hall–Kier alpha value is -0.610. The third kappa shape index (κ3) is 8.39. The molecule has 0 amide bonds. The van der Waals surface area contributed by atoms with Crippen LogP contribution in [-0.4, -0.2) is 43.1 Å². The third-order valence-electron chi connectivity index (χ3n) is 2.27. The first-order chi connectivity index (χ1) is 7.07. The molecule has 0 heterocycles. The molecule has 0 aromatic heterocycles. The van der Waals surface area contributed by atoms with E-state index in [1.807, 2.05) is 0 Å². The highest BCUT2D eigenvalue weighted by molar-refractivity contribution is 5.76. The number of rotatable bonds is 9. The van der Waals surface area contributed by atoms with Crippen LogP contribution in [0.15, 0.2) is 0 Å². The van der Waals surface area contributed by atoms with Gasteiger partial charge < -0.3 is 10.5 Å². The van der Waals surface area contributed by atoms with Crippen LogP contribution < -0.4 is 5.73 Å². The molecule has 0 aliphatic rings. The average molecular weight is 215 g/mol. The van der Waals surface area contributed by atoms with Gasteiger partial charge in [0.05, 0.1) is 12.4 Å². The van der Waals surface area contributed by atoms with Gasteiger partial charge in [-0.05, 0) is 20.3 Å². The van der Waals surface area contributed by atoms with E-state index in [1.54, 1.807) is 0 Å². The average Bonchev–Trinajstić information content (AvgIpc) is 2.15. The highest BCUT2D eigenvalue weighted by Crippen LogP contribution is 1.99. The predicted octanol–water partition coefficient (Wildman–Crippen LogP) is 1.45. The number of ether oxygens (including phenoxy) is 1. The molecule has 15 heavy (non-hydrogen) atoms. The smallest absolute Gasteiger partial charge is 0.0918 e. The summed E-state index contributed by atoms with van der Waals surface area (Å²) in [7, 11) is 0. The molecular weight excluding hydrogens is 190 g/mol. The van der Waals surface area contributed by atoms with Gasteiger partial charge in [-0.2, -0.15) is 0 Å². The Morgan fingerprint density at radius 3 is 2.47 bits per heavy atom. The van der Waals surface area contributed by atoms with E-state index in [9.17, 15) is 0 Å². The third-order valence-corrected chi connectivity index (χ3v) is 2.27. The Bertz CT molecular complexity index is 171. The molecule has 0 aliphatic carbocycles. The lowest BCUT2D eigenvalue weighted by molar-refractivity contribution is 0.0941. The summed E-state index contributed by atoms with van der Waals surface area (Å²) in [5.74, 6) is 0.259. The first-order valence-electron chi connectivity index (χ1n) is 5.72. The molecule has 0 rings (SSSR count). The van der Waals surface area contributed by atoms with Crippen molar-refractivity contribution >= 4 is 5.84 Å². The Kier molecular flexibility index (Phi) is 8.33. The van der Waals surface area contributed by atoms with Gasteiger partial charge in [-0.25, -0.2) is 0 Å². The largest absolute Gasteiger partial charge is 0.388 e. The maximum Gasteiger partial charge on any atom is 0.0918 e. The van der Waals surface area contributed by atoms with Crippen molar-refractivity contribution in [3.63, 3.8) is 0 Å². The van der Waals surface area contributed by atoms with E-state index in [0.29, 0.717) is 12.5 Å². The molecule has 4 nitrogen and oxygen atoms in total. The summed E-state index contributed by atoms with van der Waals surface area (Å²) in [4.78, 5) is 2.29. The van der Waals surface area contributed by atoms with Gasteiger partial charge in [0.2, 0.25) is 0 Å². The van der Waals surface area contributed by atoms with Crippen molar-refractivity contribution in [1.29, 1.82) is 5.41 Å². The molecule has 0 unspecified atom stereocenters. The molecule has 0 bridgehead atoms. The second-order valence-electron chi connectivity index (χ2n) is 4.02. The standard InChI is InChI=1S/C11H25N3O/c1-4-8-15-9-7-14(10(2)3)6-5-11(12)13/h10H,4-9H2,1-3H3,(H3,12,13). The lowest BCUT2D eigenvalue weighted by Gasteiger charge is -2.26. The van der Waals surface area contributed by atoms with Gasteiger partial charge in [0.1, 0.15) is 0 Å². The minimum atomic E-state index is 0.259. The van der Waals surface area contributed by atoms with E-state index in [2.05, 4.69) is 25.7 Å². The predicted molar refractivity (Wildman–Crippen MR) is 64.4 cm³/mol. The molecule has 4 heteroatoms. The van der Waals surface area contributed by atoms with Gasteiger partial charge in [0.15, 0.2) is 0 Å². The second kappa shape index (κ2) is 8.68. The van der Waals surface area contributed by atoms with Crippen LogP contribution in [0, 0.1) is 5.41 Å². The topological polar surface area (TPSA) is 62.3 Å². The monoisotopic (exact) mass is 215 g/mol. The first-order valence-corrected chi connectivity index (χ1v) is 5.72. The molecule has 0 aromatic carbocycles. The quantitative estimate of drug-likeness (QED) is 0.347. The molecule has 0 aromatic rings. The molecule has 90 valence electrons. The van der Waals surface area contributed by atoms with Crippen LogP contribution in [-0.2, 0) is 4.74 Å². The number of nitrogens with zero attached hydrogens (tertiary/aromatic N) is 1. The Morgan fingerprint density at radius 1 is 1.33 bits per heavy atom. The summed E-state index contributed by atoms with van der Waals surface area (Å²) in [5, 5.41) is 7.19. The van der Waals surface area contributed by atoms with Gasteiger partial charge in [0.25, 0.3) is 0 Å². The summed E-state index contributed by atoms with van der Waals surface area (Å²) < 4.78 is 5.44. The molecule has 3 N–H and O–H groups in total. The summed E-state index contributed by atoms with van der Waals surface area (Å²) in [6.07, 6.45) is 1.71. The van der Waals surface area contributed by atoms with Crippen LogP contribution in [0.4, 0.5) is 0 Å². The molecule has 0 atom stereocenters. The summed E-state index contributed by atoms with van der Waals surface area (Å²) >= 11 is 0. The zero-order chi connectivity index (χ0) is 11.7. The summed E-state index contributed by atoms with van der Waals surface area (Å²) in [6, 6.07) is 0.481. The molecule has 0 aliphatic heterocycles. The van der Waals surface area contributed by atoms with Gasteiger partial charge in [-0.15, -0.1) is 0 Å². The van der Waals surface area contributed by atoms with Gasteiger partial charge in [-0.3, -0.25) is 10.3 Å². The van der Waals surface area contributed by atoms with Crippen molar-refractivity contribution in [2.45, 2.75) is 39.7 Å². The van der Waals surface area contributed by atoms with E-state index < -0.39 is 0 Å². The van der Waals surface area contributed by atoms with Crippen molar-refractivity contribution in [1.82, 2.24) is 4.90 Å². The molecule has 0 fully saturated rings. The van der Waals surface area contributed by atoms with Crippen LogP contribution in [0.3, 0.4) is 0 Å². The number of hydrogen-bond acceptors (Lipinski definition) is 3. The van der Waals surface area contributed by atoms with E-state index in [1.165, 1.54) is 0 Å². The van der Waals surface area contributed by atoms with E-state index in [-0.39, 0.29) is 5.84 Å². The van der Waals surface area contributed by atoms with E-state index in [0.717, 1.165) is 32.7 Å². The first kappa shape index (κ1) is 14.4. The highest BCUT2D eigenvalue weighted by atomic mass is 16.5. The van der Waals surface area contributed by atoms with Crippen LogP contribution in [0.5, 0.6) is 0 Å². The lowest BCUT2D eigenvalue weighted by atomic mass is 10.3. The molecular formula is C11H25N3O. The molecule has 0 spiro atoms. The van der Waals surface area contributed by atoms with Crippen molar-refractivity contribution in [2.75, 3.05) is 26.3 Å². The van der Waals surface area contributed by atoms with Crippen molar-refractivity contribution < 1.29 is 4.74 Å². The summed E-state index contributed by atoms with van der Waals surface area (Å²) in [5.41, 5.74) is 5.34. The van der Waals surface area contributed by atoms with Crippen LogP contribution in [0.25, 0.3) is 0 Å². The van der Waals surface area contributed by atoms with Crippen LogP contribution >= 0.6 is 0 Å². The van der Waals surface area contributed by atoms with Crippen molar-refractivity contribution in [3.8, 4) is 0 Å². The number of nitrogens with one attached hydrogen (secondary N) is 1. The number of nitrogens with two attached hydrogens (primary N) is 1. The van der Waals surface area contributed by atoms with Crippen LogP contribution in [0.2, 0.25) is 0 Å². The lowest BCUT2D eigenvalue weighted by Crippen LogP contribution is -2.36. The SMILES string of the molecule is CCCOCCN(CCC(=N)N)C(C)C. The fourth-order valence-corrected chi connectivity index (χ4v) is 1.32. The van der Waals surface area contributed by atoms with Gasteiger partial charge >= 0.3 is 0 Å². The van der Waals surface area contributed by atoms with Crippen molar-refractivity contribution in [3.05, 3.63) is 0 Å². The second-order valence-corrected chi connectivity index (χ2v) is 4.02. The highest BCUT2D eigenvalue weighted by Gasteiger charge is 2.08. The maximum absolute atomic E-state index is 7.19. The Balaban J connectivity index is 3.68. The van der Waals surface area contributed by atoms with E-state index >= 15 is 0 Å².